The van der Waals surface area contributed by atoms with E-state index in [4.69, 9.17) is 0 Å². The molecule has 0 aromatic carbocycles. The molecule has 0 saturated heterocycles. The van der Waals surface area contributed by atoms with Crippen molar-refractivity contribution in [2.75, 3.05) is 0 Å². The van der Waals surface area contributed by atoms with Crippen molar-refractivity contribution in [3.63, 3.8) is 0 Å². The molecular weight excluding hydrogens is 181 g/mol. The number of hydrogen-bond acceptors (Lipinski definition) is 2. The lowest BCUT2D eigenvalue weighted by Gasteiger charge is -2.23. The zero-order valence-corrected chi connectivity index (χ0v) is 7.87. The fourth-order valence-corrected chi connectivity index (χ4v) is 1.61. The van der Waals surface area contributed by atoms with Crippen molar-refractivity contribution in [1.29, 1.82) is 0 Å². The zero-order valence-electron chi connectivity index (χ0n) is 7.87. The maximum Gasteiger partial charge on any atom is 0.145 e. The van der Waals surface area contributed by atoms with E-state index >= 15 is 0 Å². The van der Waals surface area contributed by atoms with Gasteiger partial charge in [-0.25, -0.2) is 4.39 Å². The first-order valence-electron chi connectivity index (χ1n) is 4.88. The van der Waals surface area contributed by atoms with E-state index in [0.29, 0.717) is 5.56 Å². The van der Waals surface area contributed by atoms with Crippen LogP contribution in [0.4, 0.5) is 4.39 Å². The fourth-order valence-electron chi connectivity index (χ4n) is 1.61. The molecule has 1 aromatic heterocycles. The first kappa shape index (κ1) is 9.31. The van der Waals surface area contributed by atoms with Gasteiger partial charge in [0, 0.05) is 18.5 Å². The first-order valence-corrected chi connectivity index (χ1v) is 4.88. The molecule has 0 bridgehead atoms. The SMILES string of the molecule is O=C(Cc1ccncc1F)C1CCC1. The molecule has 1 saturated carbocycles. The maximum absolute atomic E-state index is 13.1. The number of nitrogens with zero attached hydrogens (tertiary/aromatic N) is 1. The zero-order chi connectivity index (χ0) is 9.97. The largest absolute Gasteiger partial charge is 0.299 e. The highest BCUT2D eigenvalue weighted by atomic mass is 19.1. The van der Waals surface area contributed by atoms with E-state index in [2.05, 4.69) is 4.98 Å². The van der Waals surface area contributed by atoms with Crippen LogP contribution in [0.2, 0.25) is 0 Å². The summed E-state index contributed by atoms with van der Waals surface area (Å²) in [5, 5.41) is 0. The van der Waals surface area contributed by atoms with Crippen LogP contribution in [-0.4, -0.2) is 10.8 Å². The molecule has 1 aliphatic rings. The summed E-state index contributed by atoms with van der Waals surface area (Å²) in [4.78, 5) is 15.2. The lowest BCUT2D eigenvalue weighted by molar-refractivity contribution is -0.124. The van der Waals surface area contributed by atoms with Crippen LogP contribution in [0.3, 0.4) is 0 Å². The minimum absolute atomic E-state index is 0.168. The first-order chi connectivity index (χ1) is 6.77. The number of halogens is 1. The second-order valence-electron chi connectivity index (χ2n) is 3.74. The van der Waals surface area contributed by atoms with Crippen LogP contribution >= 0.6 is 0 Å². The second kappa shape index (κ2) is 3.86. The Morgan fingerprint density at radius 1 is 1.57 bits per heavy atom. The van der Waals surface area contributed by atoms with Gasteiger partial charge in [-0.2, -0.15) is 0 Å². The summed E-state index contributed by atoms with van der Waals surface area (Å²) < 4.78 is 13.1. The quantitative estimate of drug-likeness (QED) is 0.736. The minimum atomic E-state index is -0.375. The van der Waals surface area contributed by atoms with E-state index in [1.807, 2.05) is 0 Å². The van der Waals surface area contributed by atoms with Gasteiger partial charge in [0.15, 0.2) is 0 Å². The molecule has 3 heteroatoms. The summed E-state index contributed by atoms with van der Waals surface area (Å²) in [6, 6.07) is 1.58. The molecule has 14 heavy (non-hydrogen) atoms. The number of aromatic nitrogens is 1. The van der Waals surface area contributed by atoms with Crippen molar-refractivity contribution in [3.8, 4) is 0 Å². The Balaban J connectivity index is 2.03. The van der Waals surface area contributed by atoms with Gasteiger partial charge in [0.2, 0.25) is 0 Å². The van der Waals surface area contributed by atoms with Crippen molar-refractivity contribution >= 4 is 5.78 Å². The topological polar surface area (TPSA) is 30.0 Å². The van der Waals surface area contributed by atoms with Crippen LogP contribution in [0, 0.1) is 11.7 Å². The van der Waals surface area contributed by atoms with Gasteiger partial charge >= 0.3 is 0 Å². The van der Waals surface area contributed by atoms with E-state index in [1.165, 1.54) is 6.20 Å². The molecule has 74 valence electrons. The van der Waals surface area contributed by atoms with Crippen molar-refractivity contribution in [1.82, 2.24) is 4.98 Å². The number of carbonyl (C=O) groups excluding carboxylic acids is 1. The maximum atomic E-state index is 13.1. The lowest BCUT2D eigenvalue weighted by atomic mass is 9.80. The predicted octanol–water partition coefficient (Wildman–Crippen LogP) is 2.13. The Kier molecular flexibility index (Phi) is 2.57. The van der Waals surface area contributed by atoms with Gasteiger partial charge in [-0.3, -0.25) is 9.78 Å². The number of carbonyl (C=O) groups is 1. The number of pyridine rings is 1. The summed E-state index contributed by atoms with van der Waals surface area (Å²) in [6.07, 6.45) is 5.99. The minimum Gasteiger partial charge on any atom is -0.299 e. The van der Waals surface area contributed by atoms with Crippen molar-refractivity contribution in [2.45, 2.75) is 25.7 Å². The molecule has 1 fully saturated rings. The molecule has 0 N–H and O–H groups in total. The molecule has 2 nitrogen and oxygen atoms in total. The number of rotatable bonds is 3. The molecule has 0 amide bonds. The number of Topliss-reactive ketones (excluding diaryl/α,β-unsaturated/α-hetero) is 1. The standard InChI is InChI=1S/C11H12FNO/c12-10-7-13-5-4-9(10)6-11(14)8-2-1-3-8/h4-5,7-8H,1-3,6H2. The summed E-state index contributed by atoms with van der Waals surface area (Å²) in [7, 11) is 0. The molecule has 0 atom stereocenters. The van der Waals surface area contributed by atoms with Crippen LogP contribution in [0.1, 0.15) is 24.8 Å². The van der Waals surface area contributed by atoms with E-state index in [-0.39, 0.29) is 23.9 Å². The van der Waals surface area contributed by atoms with Gasteiger partial charge in [0.05, 0.1) is 6.20 Å². The summed E-state index contributed by atoms with van der Waals surface area (Å²) in [6.45, 7) is 0. The summed E-state index contributed by atoms with van der Waals surface area (Å²) >= 11 is 0. The molecule has 2 rings (SSSR count). The summed E-state index contributed by atoms with van der Waals surface area (Å²) in [5.74, 6) is -0.0240. The monoisotopic (exact) mass is 193 g/mol. The van der Waals surface area contributed by atoms with Crippen LogP contribution in [0.25, 0.3) is 0 Å². The second-order valence-corrected chi connectivity index (χ2v) is 3.74. The highest BCUT2D eigenvalue weighted by molar-refractivity contribution is 5.83. The van der Waals surface area contributed by atoms with E-state index < -0.39 is 0 Å². The van der Waals surface area contributed by atoms with E-state index in [9.17, 15) is 9.18 Å². The van der Waals surface area contributed by atoms with Gasteiger partial charge in [-0.15, -0.1) is 0 Å². The third-order valence-electron chi connectivity index (χ3n) is 2.78. The van der Waals surface area contributed by atoms with Crippen molar-refractivity contribution < 1.29 is 9.18 Å². The van der Waals surface area contributed by atoms with Gasteiger partial charge in [-0.05, 0) is 24.5 Å². The Morgan fingerprint density at radius 3 is 2.93 bits per heavy atom. The molecule has 0 radical (unpaired) electrons. The van der Waals surface area contributed by atoms with Gasteiger partial charge in [0.25, 0.3) is 0 Å². The third-order valence-corrected chi connectivity index (χ3v) is 2.78. The van der Waals surface area contributed by atoms with Crippen LogP contribution in [-0.2, 0) is 11.2 Å². The average molecular weight is 193 g/mol. The average Bonchev–Trinajstić information content (AvgIpc) is 2.05. The van der Waals surface area contributed by atoms with E-state index in [1.54, 1.807) is 6.07 Å². The Hall–Kier alpha value is -1.25. The number of hydrogen-bond donors (Lipinski definition) is 0. The van der Waals surface area contributed by atoms with Crippen molar-refractivity contribution in [3.05, 3.63) is 29.8 Å². The predicted molar refractivity (Wildman–Crippen MR) is 50.2 cm³/mol. The molecular formula is C11H12FNO. The molecule has 0 spiro atoms. The summed E-state index contributed by atoms with van der Waals surface area (Å²) in [5.41, 5.74) is 0.469. The van der Waals surface area contributed by atoms with Crippen LogP contribution < -0.4 is 0 Å². The molecule has 0 aliphatic heterocycles. The van der Waals surface area contributed by atoms with Gasteiger partial charge < -0.3 is 0 Å². The highest BCUT2D eigenvalue weighted by Gasteiger charge is 2.25. The van der Waals surface area contributed by atoms with Crippen LogP contribution in [0.15, 0.2) is 18.5 Å². The molecule has 0 unspecified atom stereocenters. The number of ketones is 1. The third kappa shape index (κ3) is 1.81. The lowest BCUT2D eigenvalue weighted by Crippen LogP contribution is -2.23. The fraction of sp³-hybridized carbons (Fsp3) is 0.455. The van der Waals surface area contributed by atoms with E-state index in [0.717, 1.165) is 25.5 Å². The van der Waals surface area contributed by atoms with Crippen molar-refractivity contribution in [2.24, 2.45) is 5.92 Å². The Labute approximate surface area is 82.2 Å². The van der Waals surface area contributed by atoms with Gasteiger partial charge in [0.1, 0.15) is 11.6 Å². The smallest absolute Gasteiger partial charge is 0.145 e. The Bertz CT molecular complexity index is 347. The molecule has 1 aliphatic carbocycles. The van der Waals surface area contributed by atoms with Crippen LogP contribution in [0.5, 0.6) is 0 Å². The van der Waals surface area contributed by atoms with Gasteiger partial charge in [-0.1, -0.05) is 6.42 Å². The highest BCUT2D eigenvalue weighted by Crippen LogP contribution is 2.28. The molecule has 1 heterocycles. The molecule has 1 aromatic rings. The Morgan fingerprint density at radius 2 is 2.36 bits per heavy atom. The normalized spacial score (nSPS) is 16.4.